The molecular formula is C8H8N2O3. The highest BCUT2D eigenvalue weighted by molar-refractivity contribution is 6.35. The summed E-state index contributed by atoms with van der Waals surface area (Å²) in [5, 5.41) is 19.5. The third-order valence-electron chi connectivity index (χ3n) is 1.44. The molecule has 0 aliphatic rings. The van der Waals surface area contributed by atoms with E-state index in [4.69, 9.17) is 10.3 Å². The van der Waals surface area contributed by atoms with Gasteiger partial charge in [-0.25, -0.2) is 4.79 Å². The number of hydrogen-bond acceptors (Lipinski definition) is 4. The predicted octanol–water partition coefficient (Wildman–Crippen LogP) is 0.539. The van der Waals surface area contributed by atoms with Crippen molar-refractivity contribution in [3.05, 3.63) is 30.1 Å². The van der Waals surface area contributed by atoms with Crippen LogP contribution >= 0.6 is 0 Å². The van der Waals surface area contributed by atoms with E-state index < -0.39 is 5.97 Å². The summed E-state index contributed by atoms with van der Waals surface area (Å²) in [6.07, 6.45) is 1.57. The van der Waals surface area contributed by atoms with Crippen molar-refractivity contribution in [3.8, 4) is 0 Å². The number of nitrogens with zero attached hydrogens (tertiary/aromatic N) is 2. The maximum atomic E-state index is 10.4. The molecular weight excluding hydrogens is 172 g/mol. The minimum absolute atomic E-state index is 0.0205. The fraction of sp³-hybridized carbons (Fsp3) is 0.125. The van der Waals surface area contributed by atoms with Gasteiger partial charge in [-0.2, -0.15) is 0 Å². The first-order valence-electron chi connectivity index (χ1n) is 3.58. The average molecular weight is 180 g/mol. The molecule has 0 unspecified atom stereocenters. The van der Waals surface area contributed by atoms with Gasteiger partial charge in [-0.15, -0.1) is 0 Å². The van der Waals surface area contributed by atoms with Gasteiger partial charge in [0, 0.05) is 18.3 Å². The second-order valence-corrected chi connectivity index (χ2v) is 2.35. The molecule has 5 heteroatoms. The van der Waals surface area contributed by atoms with Gasteiger partial charge in [-0.05, 0) is 12.1 Å². The molecule has 1 aromatic heterocycles. The topological polar surface area (TPSA) is 82.8 Å². The minimum atomic E-state index is -1.24. The smallest absolute Gasteiger partial charge is 0.354 e. The number of rotatable bonds is 3. The third kappa shape index (κ3) is 2.55. The zero-order valence-corrected chi connectivity index (χ0v) is 6.71. The van der Waals surface area contributed by atoms with Gasteiger partial charge in [0.05, 0.1) is 0 Å². The van der Waals surface area contributed by atoms with Gasteiger partial charge >= 0.3 is 5.97 Å². The maximum absolute atomic E-state index is 10.4. The van der Waals surface area contributed by atoms with Crippen LogP contribution in [0.15, 0.2) is 29.6 Å². The Morgan fingerprint density at radius 2 is 2.31 bits per heavy atom. The molecule has 68 valence electrons. The van der Waals surface area contributed by atoms with Gasteiger partial charge in [0.25, 0.3) is 0 Å². The first-order valence-corrected chi connectivity index (χ1v) is 3.58. The summed E-state index contributed by atoms with van der Waals surface area (Å²) in [5.74, 6) is -1.24. The second kappa shape index (κ2) is 4.20. The van der Waals surface area contributed by atoms with Crippen LogP contribution in [-0.4, -0.2) is 27.0 Å². The Hall–Kier alpha value is -1.91. The largest absolute Gasteiger partial charge is 0.477 e. The second-order valence-electron chi connectivity index (χ2n) is 2.35. The molecule has 0 aromatic carbocycles. The lowest BCUT2D eigenvalue weighted by Crippen LogP contribution is -2.16. The van der Waals surface area contributed by atoms with Crippen LogP contribution in [0.3, 0.4) is 0 Å². The summed E-state index contributed by atoms with van der Waals surface area (Å²) in [6.45, 7) is 0. The van der Waals surface area contributed by atoms with E-state index in [0.29, 0.717) is 5.69 Å². The summed E-state index contributed by atoms with van der Waals surface area (Å²) in [4.78, 5) is 14.3. The van der Waals surface area contributed by atoms with E-state index >= 15 is 0 Å². The van der Waals surface area contributed by atoms with E-state index in [9.17, 15) is 4.79 Å². The van der Waals surface area contributed by atoms with Crippen molar-refractivity contribution in [2.45, 2.75) is 6.42 Å². The molecule has 0 aliphatic carbocycles. The lowest BCUT2D eigenvalue weighted by atomic mass is 10.2. The third-order valence-corrected chi connectivity index (χ3v) is 1.44. The molecule has 2 N–H and O–H groups in total. The van der Waals surface area contributed by atoms with Gasteiger partial charge in [-0.1, -0.05) is 11.2 Å². The van der Waals surface area contributed by atoms with Crippen molar-refractivity contribution >= 4 is 11.7 Å². The Balaban J connectivity index is 2.74. The highest BCUT2D eigenvalue weighted by Crippen LogP contribution is 1.96. The fourth-order valence-electron chi connectivity index (χ4n) is 0.828. The Kier molecular flexibility index (Phi) is 2.97. The molecule has 0 saturated heterocycles. The van der Waals surface area contributed by atoms with Gasteiger partial charge in [-0.3, -0.25) is 4.98 Å². The quantitative estimate of drug-likeness (QED) is 0.404. The standard InChI is InChI=1S/C8H8N2O3/c11-8(12)7(10-13)5-6-3-1-2-4-9-6/h1-4,13H,5H2,(H,11,12)/b10-7-. The molecule has 0 atom stereocenters. The molecule has 13 heavy (non-hydrogen) atoms. The summed E-state index contributed by atoms with van der Waals surface area (Å²) in [7, 11) is 0. The van der Waals surface area contributed by atoms with E-state index in [1.807, 2.05) is 0 Å². The number of carboxylic acids is 1. The molecule has 0 bridgehead atoms. The monoisotopic (exact) mass is 180 g/mol. The number of hydrogen-bond donors (Lipinski definition) is 2. The molecule has 0 radical (unpaired) electrons. The average Bonchev–Trinajstić information content (AvgIpc) is 2.15. The Labute approximate surface area is 74.3 Å². The number of aliphatic carboxylic acids is 1. The zero-order valence-electron chi connectivity index (χ0n) is 6.71. The van der Waals surface area contributed by atoms with Crippen molar-refractivity contribution in [1.29, 1.82) is 0 Å². The zero-order chi connectivity index (χ0) is 9.68. The maximum Gasteiger partial charge on any atom is 0.354 e. The SMILES string of the molecule is O=C(O)/C(Cc1ccccn1)=N\O. The van der Waals surface area contributed by atoms with Crippen LogP contribution in [-0.2, 0) is 11.2 Å². The van der Waals surface area contributed by atoms with Crippen molar-refractivity contribution in [1.82, 2.24) is 4.98 Å². The Morgan fingerprint density at radius 3 is 2.77 bits per heavy atom. The number of aromatic nitrogens is 1. The van der Waals surface area contributed by atoms with Crippen LogP contribution in [0.2, 0.25) is 0 Å². The van der Waals surface area contributed by atoms with Gasteiger partial charge in [0.15, 0.2) is 5.71 Å². The molecule has 1 heterocycles. The van der Waals surface area contributed by atoms with Crippen LogP contribution in [0, 0.1) is 0 Å². The summed E-state index contributed by atoms with van der Waals surface area (Å²) < 4.78 is 0. The van der Waals surface area contributed by atoms with Crippen LogP contribution < -0.4 is 0 Å². The number of carboxylic acid groups (broad SMARTS) is 1. The molecule has 5 nitrogen and oxygen atoms in total. The van der Waals surface area contributed by atoms with E-state index in [-0.39, 0.29) is 12.1 Å². The van der Waals surface area contributed by atoms with Gasteiger partial charge in [0.1, 0.15) is 0 Å². The lowest BCUT2D eigenvalue weighted by Gasteiger charge is -1.97. The van der Waals surface area contributed by atoms with Gasteiger partial charge < -0.3 is 10.3 Å². The number of carbonyl (C=O) groups is 1. The van der Waals surface area contributed by atoms with E-state index in [2.05, 4.69) is 10.1 Å². The minimum Gasteiger partial charge on any atom is -0.477 e. The van der Waals surface area contributed by atoms with E-state index in [1.54, 1.807) is 24.4 Å². The molecule has 0 spiro atoms. The number of pyridine rings is 1. The van der Waals surface area contributed by atoms with Crippen LogP contribution in [0.1, 0.15) is 5.69 Å². The van der Waals surface area contributed by atoms with E-state index in [1.165, 1.54) is 0 Å². The van der Waals surface area contributed by atoms with Crippen molar-refractivity contribution < 1.29 is 15.1 Å². The first kappa shape index (κ1) is 9.18. The summed E-state index contributed by atoms with van der Waals surface area (Å²) in [5.41, 5.74) is 0.233. The molecule has 0 amide bonds. The first-order chi connectivity index (χ1) is 6.24. The molecule has 0 fully saturated rings. The van der Waals surface area contributed by atoms with Crippen LogP contribution in [0.5, 0.6) is 0 Å². The molecule has 0 saturated carbocycles. The molecule has 1 aromatic rings. The molecule has 0 aliphatic heterocycles. The normalized spacial score (nSPS) is 11.2. The highest BCUT2D eigenvalue weighted by atomic mass is 16.4. The van der Waals surface area contributed by atoms with Crippen molar-refractivity contribution in [2.24, 2.45) is 5.16 Å². The highest BCUT2D eigenvalue weighted by Gasteiger charge is 2.10. The van der Waals surface area contributed by atoms with Crippen molar-refractivity contribution in [2.75, 3.05) is 0 Å². The Morgan fingerprint density at radius 1 is 1.54 bits per heavy atom. The molecule has 1 rings (SSSR count). The summed E-state index contributed by atoms with van der Waals surface area (Å²) >= 11 is 0. The van der Waals surface area contributed by atoms with Crippen LogP contribution in [0.4, 0.5) is 0 Å². The van der Waals surface area contributed by atoms with Crippen LogP contribution in [0.25, 0.3) is 0 Å². The van der Waals surface area contributed by atoms with E-state index in [0.717, 1.165) is 0 Å². The number of oxime groups is 1. The van der Waals surface area contributed by atoms with Gasteiger partial charge in [0.2, 0.25) is 0 Å². The summed E-state index contributed by atoms with van der Waals surface area (Å²) in [6, 6.07) is 5.12. The Bertz CT molecular complexity index is 321. The lowest BCUT2D eigenvalue weighted by molar-refractivity contribution is -0.129. The van der Waals surface area contributed by atoms with Crippen molar-refractivity contribution in [3.63, 3.8) is 0 Å². The predicted molar refractivity (Wildman–Crippen MR) is 44.8 cm³/mol. The fourth-order valence-corrected chi connectivity index (χ4v) is 0.828.